The highest BCUT2D eigenvalue weighted by atomic mass is 35.5. The molecule has 0 aromatic heterocycles. The van der Waals surface area contributed by atoms with Gasteiger partial charge in [0, 0.05) is 6.42 Å². The van der Waals surface area contributed by atoms with Gasteiger partial charge in [-0.25, -0.2) is 4.79 Å². The fourth-order valence-electron chi connectivity index (χ4n) is 9.56. The third kappa shape index (κ3) is 5.77. The first-order chi connectivity index (χ1) is 16.4. The molecule has 0 heterocycles. The fraction of sp³-hybridized carbons (Fsp3) is 0.933. The molecule has 5 nitrogen and oxygen atoms in total. The van der Waals surface area contributed by atoms with Crippen LogP contribution in [0.4, 0.5) is 0 Å². The third-order valence-electron chi connectivity index (χ3n) is 11.3. The van der Waals surface area contributed by atoms with Gasteiger partial charge in [-0.1, -0.05) is 20.8 Å². The Kier molecular flexibility index (Phi) is 9.19. The highest BCUT2D eigenvalue weighted by Gasteiger charge is 2.60. The number of carbonyl (C=O) groups is 2. The molecule has 0 aliphatic heterocycles. The average Bonchev–Trinajstić information content (AvgIpc) is 3.13. The normalized spacial score (nSPS) is 40.6. The van der Waals surface area contributed by atoms with Crippen molar-refractivity contribution in [3.8, 4) is 0 Å². The number of nitrogens with zero attached hydrogens (tertiary/aromatic N) is 1. The first-order valence-electron chi connectivity index (χ1n) is 14.4. The van der Waals surface area contributed by atoms with Gasteiger partial charge < -0.3 is 26.4 Å². The van der Waals surface area contributed by atoms with Crippen LogP contribution in [-0.4, -0.2) is 57.3 Å². The lowest BCUT2D eigenvalue weighted by atomic mass is 9.44. The lowest BCUT2D eigenvalue weighted by Gasteiger charge is -2.61. The van der Waals surface area contributed by atoms with E-state index >= 15 is 0 Å². The molecule has 4 saturated carbocycles. The number of ether oxygens (including phenoxy) is 2. The van der Waals surface area contributed by atoms with E-state index < -0.39 is 0 Å². The van der Waals surface area contributed by atoms with Gasteiger partial charge in [-0.15, -0.1) is 0 Å². The van der Waals surface area contributed by atoms with Gasteiger partial charge >= 0.3 is 11.9 Å². The molecule has 0 radical (unpaired) electrons. The van der Waals surface area contributed by atoms with Crippen molar-refractivity contribution in [2.45, 2.75) is 97.5 Å². The van der Waals surface area contributed by atoms with Gasteiger partial charge in [0.2, 0.25) is 0 Å². The molecule has 208 valence electrons. The van der Waals surface area contributed by atoms with Crippen LogP contribution < -0.4 is 12.4 Å². The Bertz CT molecular complexity index is 796. The van der Waals surface area contributed by atoms with Crippen molar-refractivity contribution in [2.24, 2.45) is 46.3 Å². The summed E-state index contributed by atoms with van der Waals surface area (Å²) in [5, 5.41) is 0. The number of hydrogen-bond donors (Lipinski definition) is 0. The Labute approximate surface area is 226 Å². The van der Waals surface area contributed by atoms with Gasteiger partial charge in [0.1, 0.15) is 6.10 Å². The van der Waals surface area contributed by atoms with Crippen LogP contribution in [0.2, 0.25) is 0 Å². The summed E-state index contributed by atoms with van der Waals surface area (Å²) in [7, 11) is 7.64. The minimum Gasteiger partial charge on any atom is -1.00 e. The van der Waals surface area contributed by atoms with E-state index in [1.54, 1.807) is 0 Å². The topological polar surface area (TPSA) is 52.6 Å². The molecular formula is C30H52ClNO4. The summed E-state index contributed by atoms with van der Waals surface area (Å²) in [4.78, 5) is 24.2. The molecule has 0 saturated heterocycles. The standard InChI is InChI=1S/C30H52NO4.ClH/c1-20(8-13-27(32)34-7)24-11-12-25-23-10-9-21-18-22(35-28(33)19-31(4,5)6)14-16-29(21,2)26(23)15-17-30(24,25)3;/h20-26H,8-19H2,1-7H3;1H/q+1;/p-1/t20-,21-,22-,23+,24-,25+,26+,29+,30-;/m1./s1. The molecule has 0 aromatic rings. The largest absolute Gasteiger partial charge is 1.00 e. The van der Waals surface area contributed by atoms with Crippen molar-refractivity contribution in [1.82, 2.24) is 0 Å². The van der Waals surface area contributed by atoms with Crippen LogP contribution in [0.3, 0.4) is 0 Å². The predicted molar refractivity (Wildman–Crippen MR) is 138 cm³/mol. The molecule has 0 N–H and O–H groups in total. The Hall–Kier alpha value is -0.810. The van der Waals surface area contributed by atoms with Crippen LogP contribution in [0.5, 0.6) is 0 Å². The Morgan fingerprint density at radius 3 is 2.25 bits per heavy atom. The number of rotatable bonds is 7. The van der Waals surface area contributed by atoms with Crippen molar-refractivity contribution < 1.29 is 36.0 Å². The third-order valence-corrected chi connectivity index (χ3v) is 11.3. The van der Waals surface area contributed by atoms with E-state index in [2.05, 4.69) is 20.8 Å². The van der Waals surface area contributed by atoms with Gasteiger partial charge in [-0.3, -0.25) is 4.79 Å². The van der Waals surface area contributed by atoms with Gasteiger partial charge in [-0.05, 0) is 111 Å². The second kappa shape index (κ2) is 11.1. The smallest absolute Gasteiger partial charge is 0.362 e. The molecule has 6 heteroatoms. The summed E-state index contributed by atoms with van der Waals surface area (Å²) < 4.78 is 11.5. The Balaban J connectivity index is 0.00000361. The molecule has 4 aliphatic carbocycles. The number of esters is 2. The van der Waals surface area contributed by atoms with Crippen LogP contribution in [0, 0.1) is 46.3 Å². The van der Waals surface area contributed by atoms with E-state index in [9.17, 15) is 9.59 Å². The van der Waals surface area contributed by atoms with Crippen LogP contribution in [0.25, 0.3) is 0 Å². The molecule has 0 amide bonds. The maximum Gasteiger partial charge on any atom is 0.362 e. The summed E-state index contributed by atoms with van der Waals surface area (Å²) in [6.45, 7) is 8.01. The van der Waals surface area contributed by atoms with Crippen LogP contribution in [-0.2, 0) is 19.1 Å². The van der Waals surface area contributed by atoms with Crippen molar-refractivity contribution in [2.75, 3.05) is 34.8 Å². The maximum absolute atomic E-state index is 12.5. The lowest BCUT2D eigenvalue weighted by Crippen LogP contribution is -3.00. The molecule has 0 aromatic carbocycles. The fourth-order valence-corrected chi connectivity index (χ4v) is 9.56. The van der Waals surface area contributed by atoms with E-state index in [4.69, 9.17) is 9.47 Å². The molecule has 4 aliphatic rings. The molecule has 4 fully saturated rings. The lowest BCUT2D eigenvalue weighted by molar-refractivity contribution is -0.862. The molecule has 0 unspecified atom stereocenters. The summed E-state index contributed by atoms with van der Waals surface area (Å²) in [6.07, 6.45) is 13.0. The summed E-state index contributed by atoms with van der Waals surface area (Å²) in [5.74, 6) is 4.43. The second-order valence-corrected chi connectivity index (χ2v) is 14.3. The minimum absolute atomic E-state index is 0. The predicted octanol–water partition coefficient (Wildman–Crippen LogP) is 2.86. The van der Waals surface area contributed by atoms with Crippen LogP contribution >= 0.6 is 0 Å². The zero-order chi connectivity index (χ0) is 25.6. The maximum atomic E-state index is 12.5. The summed E-state index contributed by atoms with van der Waals surface area (Å²) in [6, 6.07) is 0. The number of fused-ring (bicyclic) bond motifs is 5. The van der Waals surface area contributed by atoms with Gasteiger partial charge in [-0.2, -0.15) is 0 Å². The first kappa shape index (κ1) is 29.7. The number of halogens is 1. The summed E-state index contributed by atoms with van der Waals surface area (Å²) >= 11 is 0. The SMILES string of the molecule is COC(=O)CC[C@@H](C)[C@H]1CC[C@H]2[C@@H]3CC[C@@H]4C[C@H](OC(=O)C[N+](C)(C)C)CC[C@]4(C)[C@H]3CC[C@]12C.[Cl-]. The van der Waals surface area contributed by atoms with Crippen LogP contribution in [0.1, 0.15) is 91.4 Å². The number of methoxy groups -OCH3 is 1. The number of carbonyl (C=O) groups excluding carboxylic acids is 2. The first-order valence-corrected chi connectivity index (χ1v) is 14.4. The zero-order valence-corrected chi connectivity index (χ0v) is 24.7. The second-order valence-electron chi connectivity index (χ2n) is 14.3. The Morgan fingerprint density at radius 2 is 1.58 bits per heavy atom. The monoisotopic (exact) mass is 525 g/mol. The van der Waals surface area contributed by atoms with E-state index in [-0.39, 0.29) is 30.4 Å². The van der Waals surface area contributed by atoms with E-state index in [0.717, 1.165) is 42.9 Å². The number of likely N-dealkylation sites (N-methyl/N-ethyl adjacent to an activating group) is 1. The van der Waals surface area contributed by atoms with Crippen molar-refractivity contribution in [3.05, 3.63) is 0 Å². The molecule has 0 spiro atoms. The van der Waals surface area contributed by atoms with Crippen molar-refractivity contribution >= 4 is 11.9 Å². The highest BCUT2D eigenvalue weighted by molar-refractivity contribution is 5.70. The number of quaternary nitrogens is 1. The van der Waals surface area contributed by atoms with E-state index in [1.807, 2.05) is 21.1 Å². The number of hydrogen-bond acceptors (Lipinski definition) is 4. The zero-order valence-electron chi connectivity index (χ0n) is 24.0. The van der Waals surface area contributed by atoms with Crippen molar-refractivity contribution in [1.29, 1.82) is 0 Å². The van der Waals surface area contributed by atoms with Crippen LogP contribution in [0.15, 0.2) is 0 Å². The minimum atomic E-state index is -0.0646. The van der Waals surface area contributed by atoms with Crippen molar-refractivity contribution in [3.63, 3.8) is 0 Å². The van der Waals surface area contributed by atoms with E-state index in [0.29, 0.717) is 40.1 Å². The quantitative estimate of drug-likeness (QED) is 0.379. The molecule has 4 rings (SSSR count). The molecule has 0 bridgehead atoms. The highest BCUT2D eigenvalue weighted by Crippen LogP contribution is 2.68. The molecular weight excluding hydrogens is 474 g/mol. The molecule has 9 atom stereocenters. The Morgan fingerprint density at radius 1 is 0.917 bits per heavy atom. The van der Waals surface area contributed by atoms with Gasteiger partial charge in [0.15, 0.2) is 6.54 Å². The molecule has 36 heavy (non-hydrogen) atoms. The summed E-state index contributed by atoms with van der Waals surface area (Å²) in [5.41, 5.74) is 0.833. The van der Waals surface area contributed by atoms with Gasteiger partial charge in [0.05, 0.1) is 28.3 Å². The van der Waals surface area contributed by atoms with Gasteiger partial charge in [0.25, 0.3) is 0 Å². The van der Waals surface area contributed by atoms with E-state index in [1.165, 1.54) is 52.1 Å². The average molecular weight is 526 g/mol.